The molecule has 0 spiro atoms. The number of benzene rings is 1. The molecule has 0 bridgehead atoms. The highest BCUT2D eigenvalue weighted by molar-refractivity contribution is 5.93. The number of hydrogen-bond acceptors (Lipinski definition) is 4. The summed E-state index contributed by atoms with van der Waals surface area (Å²) < 4.78 is 5.45. The molecule has 0 unspecified atom stereocenters. The SMILES string of the molecule is CC(C)COc1cccc(C(N)=O)c1.CN1CC=CN1. The van der Waals surface area contributed by atoms with Crippen molar-refractivity contribution < 1.29 is 9.53 Å². The monoisotopic (exact) mass is 277 g/mol. The maximum Gasteiger partial charge on any atom is 0.248 e. The van der Waals surface area contributed by atoms with Gasteiger partial charge in [0.15, 0.2) is 0 Å². The summed E-state index contributed by atoms with van der Waals surface area (Å²) in [7, 11) is 2.00. The second-order valence-electron chi connectivity index (χ2n) is 5.01. The number of amides is 1. The molecule has 20 heavy (non-hydrogen) atoms. The number of carbonyl (C=O) groups excluding carboxylic acids is 1. The summed E-state index contributed by atoms with van der Waals surface area (Å²) >= 11 is 0. The number of nitrogens with one attached hydrogen (secondary N) is 1. The number of likely N-dealkylation sites (N-methyl/N-ethyl adjacent to an activating group) is 1. The van der Waals surface area contributed by atoms with Crippen LogP contribution in [0.25, 0.3) is 0 Å². The maximum absolute atomic E-state index is 10.9. The number of nitrogens with two attached hydrogens (primary N) is 1. The van der Waals surface area contributed by atoms with Crippen molar-refractivity contribution in [2.75, 3.05) is 20.2 Å². The molecule has 0 saturated carbocycles. The lowest BCUT2D eigenvalue weighted by Gasteiger charge is -2.08. The van der Waals surface area contributed by atoms with Gasteiger partial charge >= 0.3 is 0 Å². The zero-order valence-corrected chi connectivity index (χ0v) is 12.3. The van der Waals surface area contributed by atoms with Crippen LogP contribution in [0.3, 0.4) is 0 Å². The molecule has 1 aliphatic heterocycles. The number of primary amides is 1. The summed E-state index contributed by atoms with van der Waals surface area (Å²) in [5.74, 6) is 0.724. The third-order valence-corrected chi connectivity index (χ3v) is 2.49. The van der Waals surface area contributed by atoms with Gasteiger partial charge < -0.3 is 15.9 Å². The van der Waals surface area contributed by atoms with Gasteiger partial charge in [-0.2, -0.15) is 0 Å². The summed E-state index contributed by atoms with van der Waals surface area (Å²) in [5, 5.41) is 2.00. The number of rotatable bonds is 4. The first-order valence-electron chi connectivity index (χ1n) is 6.64. The van der Waals surface area contributed by atoms with Crippen LogP contribution in [0.5, 0.6) is 5.75 Å². The van der Waals surface area contributed by atoms with E-state index in [4.69, 9.17) is 10.5 Å². The minimum atomic E-state index is -0.431. The molecule has 5 heteroatoms. The van der Waals surface area contributed by atoms with Crippen LogP contribution in [0.2, 0.25) is 0 Å². The lowest BCUT2D eigenvalue weighted by Crippen LogP contribution is -2.24. The Hall–Kier alpha value is -2.01. The van der Waals surface area contributed by atoms with E-state index in [0.717, 1.165) is 6.54 Å². The zero-order chi connectivity index (χ0) is 15.0. The molecule has 1 aromatic rings. The van der Waals surface area contributed by atoms with Crippen molar-refractivity contribution in [2.24, 2.45) is 11.7 Å². The van der Waals surface area contributed by atoms with E-state index in [0.29, 0.717) is 23.8 Å². The standard InChI is InChI=1S/C11H15NO2.C4H8N2/c1-8(2)7-14-10-5-3-4-9(6-10)11(12)13;1-6-4-2-3-5-6/h3-6,8H,7H2,1-2H3,(H2,12,13);2-3,5H,4H2,1H3. The zero-order valence-electron chi connectivity index (χ0n) is 12.3. The van der Waals surface area contributed by atoms with Crippen molar-refractivity contribution in [2.45, 2.75) is 13.8 Å². The van der Waals surface area contributed by atoms with Gasteiger partial charge in [-0.05, 0) is 24.1 Å². The molecule has 1 heterocycles. The van der Waals surface area contributed by atoms with Gasteiger partial charge in [-0.1, -0.05) is 26.0 Å². The van der Waals surface area contributed by atoms with Crippen molar-refractivity contribution in [1.82, 2.24) is 10.4 Å². The summed E-state index contributed by atoms with van der Waals surface area (Å²) in [5.41, 5.74) is 8.59. The summed E-state index contributed by atoms with van der Waals surface area (Å²) in [6, 6.07) is 6.90. The predicted octanol–water partition coefficient (Wildman–Crippen LogP) is 1.77. The number of hydrazine groups is 1. The molecule has 1 amide bonds. The second kappa shape index (κ2) is 8.22. The summed E-state index contributed by atoms with van der Waals surface area (Å²) in [6.07, 6.45) is 4.00. The molecule has 1 aromatic carbocycles. The average Bonchev–Trinajstić information content (AvgIpc) is 2.88. The lowest BCUT2D eigenvalue weighted by atomic mass is 10.2. The van der Waals surface area contributed by atoms with E-state index in [1.54, 1.807) is 18.2 Å². The Morgan fingerprint density at radius 2 is 2.25 bits per heavy atom. The van der Waals surface area contributed by atoms with Gasteiger partial charge in [0.2, 0.25) is 5.91 Å². The average molecular weight is 277 g/mol. The second-order valence-corrected chi connectivity index (χ2v) is 5.01. The third-order valence-electron chi connectivity index (χ3n) is 2.49. The van der Waals surface area contributed by atoms with Gasteiger partial charge in [0.1, 0.15) is 5.75 Å². The Balaban J connectivity index is 0.000000276. The fraction of sp³-hybridized carbons (Fsp3) is 0.400. The largest absolute Gasteiger partial charge is 0.493 e. The highest BCUT2D eigenvalue weighted by Crippen LogP contribution is 2.13. The predicted molar refractivity (Wildman–Crippen MR) is 80.2 cm³/mol. The summed E-state index contributed by atoms with van der Waals surface area (Å²) in [4.78, 5) is 10.9. The molecule has 0 aromatic heterocycles. The van der Waals surface area contributed by atoms with E-state index in [9.17, 15) is 4.79 Å². The van der Waals surface area contributed by atoms with E-state index >= 15 is 0 Å². The van der Waals surface area contributed by atoms with Gasteiger partial charge in [0.25, 0.3) is 0 Å². The highest BCUT2D eigenvalue weighted by atomic mass is 16.5. The molecule has 0 radical (unpaired) electrons. The number of nitrogens with zero attached hydrogens (tertiary/aromatic N) is 1. The van der Waals surface area contributed by atoms with Crippen LogP contribution < -0.4 is 15.9 Å². The minimum Gasteiger partial charge on any atom is -0.493 e. The molecule has 110 valence electrons. The molecule has 0 saturated heterocycles. The number of carbonyl (C=O) groups is 1. The van der Waals surface area contributed by atoms with E-state index in [1.165, 1.54) is 0 Å². The van der Waals surface area contributed by atoms with E-state index in [2.05, 4.69) is 25.3 Å². The minimum absolute atomic E-state index is 0.431. The first kappa shape index (κ1) is 16.0. The molecule has 0 atom stereocenters. The van der Waals surface area contributed by atoms with Crippen molar-refractivity contribution >= 4 is 5.91 Å². The Bertz CT molecular complexity index is 450. The van der Waals surface area contributed by atoms with Gasteiger partial charge in [-0.15, -0.1) is 0 Å². The Morgan fingerprint density at radius 3 is 2.70 bits per heavy atom. The Kier molecular flexibility index (Phi) is 6.59. The van der Waals surface area contributed by atoms with Crippen molar-refractivity contribution in [1.29, 1.82) is 0 Å². The molecule has 3 N–H and O–H groups in total. The maximum atomic E-state index is 10.9. The van der Waals surface area contributed by atoms with Crippen LogP contribution in [-0.4, -0.2) is 31.1 Å². The van der Waals surface area contributed by atoms with Crippen LogP contribution in [0.15, 0.2) is 36.5 Å². The molecule has 5 nitrogen and oxygen atoms in total. The first-order chi connectivity index (χ1) is 9.49. The van der Waals surface area contributed by atoms with Crippen LogP contribution in [0.4, 0.5) is 0 Å². The normalized spacial score (nSPS) is 13.6. The highest BCUT2D eigenvalue weighted by Gasteiger charge is 2.02. The van der Waals surface area contributed by atoms with Gasteiger partial charge in [0.05, 0.1) is 6.61 Å². The van der Waals surface area contributed by atoms with Crippen molar-refractivity contribution in [3.05, 3.63) is 42.1 Å². The first-order valence-corrected chi connectivity index (χ1v) is 6.64. The number of hydrogen-bond donors (Lipinski definition) is 2. The third kappa shape index (κ3) is 6.24. The molecular formula is C15H23N3O2. The van der Waals surface area contributed by atoms with E-state index in [1.807, 2.05) is 24.3 Å². The Labute approximate surface area is 120 Å². The Morgan fingerprint density at radius 1 is 1.50 bits per heavy atom. The van der Waals surface area contributed by atoms with Crippen LogP contribution >= 0.6 is 0 Å². The van der Waals surface area contributed by atoms with Crippen molar-refractivity contribution in [3.63, 3.8) is 0 Å². The van der Waals surface area contributed by atoms with Gasteiger partial charge in [-0.25, -0.2) is 5.01 Å². The van der Waals surface area contributed by atoms with Crippen molar-refractivity contribution in [3.8, 4) is 5.75 Å². The fourth-order valence-corrected chi connectivity index (χ4v) is 1.45. The smallest absolute Gasteiger partial charge is 0.248 e. The lowest BCUT2D eigenvalue weighted by molar-refractivity contribution is 0.1000. The molecule has 0 aliphatic carbocycles. The summed E-state index contributed by atoms with van der Waals surface area (Å²) in [6.45, 7) is 5.80. The van der Waals surface area contributed by atoms with E-state index < -0.39 is 5.91 Å². The molecule has 1 aliphatic rings. The topological polar surface area (TPSA) is 67.6 Å². The van der Waals surface area contributed by atoms with Crippen LogP contribution in [-0.2, 0) is 0 Å². The van der Waals surface area contributed by atoms with E-state index in [-0.39, 0.29) is 0 Å². The quantitative estimate of drug-likeness (QED) is 0.880. The van der Waals surface area contributed by atoms with Gasteiger partial charge in [-0.3, -0.25) is 4.79 Å². The van der Waals surface area contributed by atoms with Crippen LogP contribution in [0, 0.1) is 5.92 Å². The fourth-order valence-electron chi connectivity index (χ4n) is 1.45. The molecule has 2 rings (SSSR count). The molecule has 0 fully saturated rings. The van der Waals surface area contributed by atoms with Gasteiger partial charge in [0, 0.05) is 25.4 Å². The molecular weight excluding hydrogens is 254 g/mol. The van der Waals surface area contributed by atoms with Crippen LogP contribution in [0.1, 0.15) is 24.2 Å². The number of ether oxygens (including phenoxy) is 1.